The molecule has 2 heterocycles. The lowest BCUT2D eigenvalue weighted by Gasteiger charge is -2.23. The summed E-state index contributed by atoms with van der Waals surface area (Å²) in [4.78, 5) is 7.84. The number of sulfone groups is 1. The molecule has 1 atom stereocenters. The van der Waals surface area contributed by atoms with Crippen molar-refractivity contribution in [3.05, 3.63) is 6.07 Å². The number of hydrogen-bond donors (Lipinski definition) is 4. The minimum Gasteiger partial charge on any atom is -0.368 e. The smallest absolute Gasteiger partial charge is 0.223 e. The zero-order valence-electron chi connectivity index (χ0n) is 9.76. The van der Waals surface area contributed by atoms with Crippen LogP contribution in [0.1, 0.15) is 12.8 Å². The topological polar surface area (TPSA) is 136 Å². The van der Waals surface area contributed by atoms with Crippen LogP contribution in [0.25, 0.3) is 0 Å². The molecular formula is C9H16N6O2S. The van der Waals surface area contributed by atoms with Crippen LogP contribution in [0.4, 0.5) is 17.6 Å². The van der Waals surface area contributed by atoms with Gasteiger partial charge >= 0.3 is 0 Å². The number of hydrogen-bond acceptors (Lipinski definition) is 8. The van der Waals surface area contributed by atoms with Gasteiger partial charge in [-0.1, -0.05) is 0 Å². The Hall–Kier alpha value is -1.61. The predicted molar refractivity (Wildman–Crippen MR) is 69.6 cm³/mol. The monoisotopic (exact) mass is 272 g/mol. The molecule has 0 bridgehead atoms. The minimum atomic E-state index is -2.96. The van der Waals surface area contributed by atoms with E-state index in [4.69, 9.17) is 11.6 Å². The van der Waals surface area contributed by atoms with E-state index in [0.29, 0.717) is 18.1 Å². The number of nitrogens with zero attached hydrogens (tertiary/aromatic N) is 2. The summed E-state index contributed by atoms with van der Waals surface area (Å²) in [6.45, 7) is 0. The van der Waals surface area contributed by atoms with Crippen molar-refractivity contribution >= 4 is 27.4 Å². The number of anilines is 3. The van der Waals surface area contributed by atoms with Crippen LogP contribution in [0.5, 0.6) is 0 Å². The van der Waals surface area contributed by atoms with Crippen LogP contribution in [0.2, 0.25) is 0 Å². The number of nitrogen functional groups attached to an aromatic ring is 2. The molecule has 2 rings (SSSR count). The first-order chi connectivity index (χ1) is 8.48. The van der Waals surface area contributed by atoms with Gasteiger partial charge in [0.2, 0.25) is 5.95 Å². The van der Waals surface area contributed by atoms with Crippen molar-refractivity contribution in [3.8, 4) is 0 Å². The van der Waals surface area contributed by atoms with Crippen LogP contribution in [0, 0.1) is 0 Å². The van der Waals surface area contributed by atoms with Crippen molar-refractivity contribution in [2.24, 2.45) is 5.84 Å². The molecule has 1 aromatic heterocycles. The molecule has 0 aliphatic carbocycles. The van der Waals surface area contributed by atoms with Gasteiger partial charge in [0.05, 0.1) is 11.5 Å². The predicted octanol–water partition coefficient (Wildman–Crippen LogP) is -0.666. The Morgan fingerprint density at radius 2 is 2.06 bits per heavy atom. The van der Waals surface area contributed by atoms with Crippen LogP contribution in [-0.2, 0) is 9.84 Å². The fourth-order valence-corrected chi connectivity index (χ4v) is 3.60. The van der Waals surface area contributed by atoms with Gasteiger partial charge in [-0.2, -0.15) is 9.97 Å². The van der Waals surface area contributed by atoms with Gasteiger partial charge in [-0.15, -0.1) is 0 Å². The van der Waals surface area contributed by atoms with Crippen LogP contribution in [0.3, 0.4) is 0 Å². The Kier molecular flexibility index (Phi) is 3.53. The molecule has 0 spiro atoms. The largest absolute Gasteiger partial charge is 0.368 e. The van der Waals surface area contributed by atoms with E-state index in [1.165, 1.54) is 0 Å². The number of nitrogens with two attached hydrogens (primary N) is 2. The highest BCUT2D eigenvalue weighted by Gasteiger charge is 2.24. The average molecular weight is 272 g/mol. The molecule has 1 aromatic rings. The van der Waals surface area contributed by atoms with E-state index in [2.05, 4.69) is 20.7 Å². The second-order valence-corrected chi connectivity index (χ2v) is 6.47. The minimum absolute atomic E-state index is 0.0756. The van der Waals surface area contributed by atoms with E-state index in [1.807, 2.05) is 0 Å². The van der Waals surface area contributed by atoms with Crippen molar-refractivity contribution in [1.82, 2.24) is 9.97 Å². The van der Waals surface area contributed by atoms with Crippen molar-refractivity contribution in [3.63, 3.8) is 0 Å². The van der Waals surface area contributed by atoms with Gasteiger partial charge in [0.1, 0.15) is 11.6 Å². The molecule has 1 unspecified atom stereocenters. The molecule has 9 heteroatoms. The van der Waals surface area contributed by atoms with Crippen molar-refractivity contribution in [2.75, 3.05) is 28.0 Å². The third-order valence-corrected chi connectivity index (χ3v) is 4.53. The highest BCUT2D eigenvalue weighted by molar-refractivity contribution is 7.91. The summed E-state index contributed by atoms with van der Waals surface area (Å²) in [5, 5.41) is 3.05. The normalized spacial score (nSPS) is 22.4. The van der Waals surface area contributed by atoms with Crippen LogP contribution in [-0.4, -0.2) is 35.9 Å². The summed E-state index contributed by atoms with van der Waals surface area (Å²) in [6, 6.07) is 1.43. The molecule has 0 saturated carbocycles. The summed E-state index contributed by atoms with van der Waals surface area (Å²) in [5.41, 5.74) is 7.89. The van der Waals surface area contributed by atoms with Gasteiger partial charge in [-0.05, 0) is 12.8 Å². The second kappa shape index (κ2) is 4.94. The summed E-state index contributed by atoms with van der Waals surface area (Å²) in [5.74, 6) is 6.54. The maximum atomic E-state index is 11.5. The molecule has 0 aromatic carbocycles. The maximum Gasteiger partial charge on any atom is 0.223 e. The third-order valence-electron chi connectivity index (χ3n) is 2.71. The van der Waals surface area contributed by atoms with E-state index in [9.17, 15) is 8.42 Å². The summed E-state index contributed by atoms with van der Waals surface area (Å²) >= 11 is 0. The number of nitrogens with one attached hydrogen (secondary N) is 2. The quantitative estimate of drug-likeness (QED) is 0.420. The van der Waals surface area contributed by atoms with E-state index in [-0.39, 0.29) is 23.5 Å². The summed E-state index contributed by atoms with van der Waals surface area (Å²) in [6.07, 6.45) is 1.44. The Morgan fingerprint density at radius 3 is 2.72 bits per heavy atom. The molecule has 8 nitrogen and oxygen atoms in total. The Bertz CT molecular complexity index is 532. The zero-order valence-corrected chi connectivity index (χ0v) is 10.6. The van der Waals surface area contributed by atoms with Crippen LogP contribution >= 0.6 is 0 Å². The molecule has 1 saturated heterocycles. The van der Waals surface area contributed by atoms with E-state index in [0.717, 1.165) is 6.42 Å². The van der Waals surface area contributed by atoms with E-state index < -0.39 is 9.84 Å². The van der Waals surface area contributed by atoms with Gasteiger partial charge in [0, 0.05) is 12.1 Å². The van der Waals surface area contributed by atoms with Crippen LogP contribution < -0.4 is 22.3 Å². The lowest BCUT2D eigenvalue weighted by atomic mass is 10.2. The van der Waals surface area contributed by atoms with E-state index >= 15 is 0 Å². The van der Waals surface area contributed by atoms with Gasteiger partial charge in [0.25, 0.3) is 0 Å². The van der Waals surface area contributed by atoms with Gasteiger partial charge in [0.15, 0.2) is 9.84 Å². The molecule has 6 N–H and O–H groups in total. The molecule has 100 valence electrons. The standard InChI is InChI=1S/C9H16N6O2S/c10-9-13-7(4-8(14-9)15-11)12-6-2-1-3-18(16,17)5-6/h4,6H,1-3,5,11H2,(H4,10,12,13,14,15). The van der Waals surface area contributed by atoms with Gasteiger partial charge in [-0.3, -0.25) is 0 Å². The Morgan fingerprint density at radius 1 is 1.33 bits per heavy atom. The summed E-state index contributed by atoms with van der Waals surface area (Å²) in [7, 11) is -2.96. The molecule has 0 amide bonds. The first-order valence-electron chi connectivity index (χ1n) is 5.56. The number of aromatic nitrogens is 2. The number of rotatable bonds is 3. The maximum absolute atomic E-state index is 11.5. The van der Waals surface area contributed by atoms with Crippen molar-refractivity contribution in [1.29, 1.82) is 0 Å². The number of hydrazine groups is 1. The fraction of sp³-hybridized carbons (Fsp3) is 0.556. The first-order valence-corrected chi connectivity index (χ1v) is 7.39. The van der Waals surface area contributed by atoms with Crippen LogP contribution in [0.15, 0.2) is 6.07 Å². The van der Waals surface area contributed by atoms with Crippen molar-refractivity contribution in [2.45, 2.75) is 18.9 Å². The molecule has 1 fully saturated rings. The Balaban J connectivity index is 2.11. The molecule has 0 radical (unpaired) electrons. The lowest BCUT2D eigenvalue weighted by Crippen LogP contribution is -2.35. The van der Waals surface area contributed by atoms with Gasteiger partial charge < -0.3 is 16.5 Å². The van der Waals surface area contributed by atoms with Gasteiger partial charge in [-0.25, -0.2) is 14.3 Å². The molecule has 1 aliphatic rings. The molecular weight excluding hydrogens is 256 g/mol. The fourth-order valence-electron chi connectivity index (χ4n) is 1.96. The lowest BCUT2D eigenvalue weighted by molar-refractivity contribution is 0.561. The SMILES string of the molecule is NNc1cc(NC2CCCS(=O)(=O)C2)nc(N)n1. The molecule has 18 heavy (non-hydrogen) atoms. The third kappa shape index (κ3) is 3.20. The highest BCUT2D eigenvalue weighted by atomic mass is 32.2. The molecule has 1 aliphatic heterocycles. The zero-order chi connectivity index (χ0) is 13.2. The van der Waals surface area contributed by atoms with Crippen molar-refractivity contribution < 1.29 is 8.42 Å². The summed E-state index contributed by atoms with van der Waals surface area (Å²) < 4.78 is 23.0. The second-order valence-electron chi connectivity index (χ2n) is 4.24. The van der Waals surface area contributed by atoms with E-state index in [1.54, 1.807) is 6.07 Å². The Labute approximate surface area is 105 Å². The first kappa shape index (κ1) is 12.8. The average Bonchev–Trinajstić information content (AvgIpc) is 2.26. The highest BCUT2D eigenvalue weighted by Crippen LogP contribution is 2.18.